The highest BCUT2D eigenvalue weighted by Crippen LogP contribution is 2.19. The van der Waals surface area contributed by atoms with E-state index in [1.165, 1.54) is 13.1 Å². The number of ether oxygens (including phenoxy) is 1. The minimum Gasteiger partial charge on any atom is -0.364 e. The number of hydrogen-bond donors (Lipinski definition) is 3. The molecule has 0 aliphatic carbocycles. The first-order valence-electron chi connectivity index (χ1n) is 8.04. The predicted molar refractivity (Wildman–Crippen MR) is 91.6 cm³/mol. The van der Waals surface area contributed by atoms with Crippen molar-refractivity contribution in [3.8, 4) is 0 Å². The quantitative estimate of drug-likeness (QED) is 0.666. The number of morpholine rings is 1. The second-order valence-corrected chi connectivity index (χ2v) is 8.18. The van der Waals surface area contributed by atoms with Gasteiger partial charge in [-0.25, -0.2) is 13.1 Å². The highest BCUT2D eigenvalue weighted by atomic mass is 32.2. The van der Waals surface area contributed by atoms with Crippen molar-refractivity contribution in [1.29, 1.82) is 0 Å². The molecule has 1 fully saturated rings. The number of carbonyl (C=O) groups excluding carboxylic acids is 1. The Balaban J connectivity index is 2.05. The Morgan fingerprint density at radius 1 is 1.29 bits per heavy atom. The van der Waals surface area contributed by atoms with Crippen molar-refractivity contribution in [1.82, 2.24) is 4.72 Å². The van der Waals surface area contributed by atoms with Crippen molar-refractivity contribution < 1.29 is 22.8 Å². The van der Waals surface area contributed by atoms with E-state index in [0.29, 0.717) is 17.8 Å². The van der Waals surface area contributed by atoms with Crippen LogP contribution < -0.4 is 14.9 Å². The molecule has 1 heterocycles. The van der Waals surface area contributed by atoms with Crippen LogP contribution in [-0.2, 0) is 19.6 Å². The second-order valence-electron chi connectivity index (χ2n) is 6.33. The lowest BCUT2D eigenvalue weighted by Crippen LogP contribution is -3.16. The maximum absolute atomic E-state index is 12.3. The lowest BCUT2D eigenvalue weighted by Gasteiger charge is -2.31. The average Bonchev–Trinajstić information content (AvgIpc) is 2.47. The number of aryl methyl sites for hydroxylation is 1. The fourth-order valence-corrected chi connectivity index (χ4v) is 4.04. The fraction of sp³-hybridized carbons (Fsp3) is 0.562. The standard InChI is InChI=1S/C16H25N3O4S/c1-11-5-6-14(7-15(11)24(21,22)17-4)18-16(20)10-19-8-12(2)23-13(3)9-19/h5-7,12-13,17H,8-10H2,1-4H3,(H,18,20)/p+1/t12-,13-/m1/s1. The van der Waals surface area contributed by atoms with Crippen molar-refractivity contribution in [3.05, 3.63) is 23.8 Å². The molecule has 1 aromatic carbocycles. The van der Waals surface area contributed by atoms with E-state index in [1.54, 1.807) is 19.1 Å². The molecule has 0 aromatic heterocycles. The van der Waals surface area contributed by atoms with Gasteiger partial charge in [0.25, 0.3) is 5.91 Å². The summed E-state index contributed by atoms with van der Waals surface area (Å²) in [6, 6.07) is 4.88. The molecule has 0 bridgehead atoms. The van der Waals surface area contributed by atoms with Gasteiger partial charge < -0.3 is 15.0 Å². The number of nitrogens with one attached hydrogen (secondary N) is 3. The van der Waals surface area contributed by atoms with Crippen molar-refractivity contribution in [3.63, 3.8) is 0 Å². The van der Waals surface area contributed by atoms with E-state index in [1.807, 2.05) is 13.8 Å². The van der Waals surface area contributed by atoms with Crippen LogP contribution in [0.15, 0.2) is 23.1 Å². The molecule has 134 valence electrons. The zero-order chi connectivity index (χ0) is 17.9. The summed E-state index contributed by atoms with van der Waals surface area (Å²) >= 11 is 0. The maximum Gasteiger partial charge on any atom is 0.279 e. The lowest BCUT2D eigenvalue weighted by atomic mass is 10.2. The molecule has 0 unspecified atom stereocenters. The molecule has 2 atom stereocenters. The normalized spacial score (nSPS) is 24.6. The summed E-state index contributed by atoms with van der Waals surface area (Å²) in [4.78, 5) is 13.6. The lowest BCUT2D eigenvalue weighted by molar-refractivity contribution is -0.907. The molecular formula is C16H26N3O4S+. The van der Waals surface area contributed by atoms with Gasteiger partial charge in [0, 0.05) is 5.69 Å². The molecule has 2 rings (SSSR count). The van der Waals surface area contributed by atoms with Gasteiger partial charge in [0.05, 0.1) is 4.90 Å². The highest BCUT2D eigenvalue weighted by molar-refractivity contribution is 7.89. The van der Waals surface area contributed by atoms with Gasteiger partial charge in [-0.05, 0) is 45.5 Å². The number of anilines is 1. The van der Waals surface area contributed by atoms with Crippen LogP contribution in [0.2, 0.25) is 0 Å². The highest BCUT2D eigenvalue weighted by Gasteiger charge is 2.27. The van der Waals surface area contributed by atoms with Gasteiger partial charge in [-0.15, -0.1) is 0 Å². The van der Waals surface area contributed by atoms with Gasteiger partial charge in [0.15, 0.2) is 6.54 Å². The number of carbonyl (C=O) groups is 1. The fourth-order valence-electron chi connectivity index (χ4n) is 3.04. The van der Waals surface area contributed by atoms with Crippen LogP contribution in [-0.4, -0.2) is 53.2 Å². The molecule has 1 aliphatic heterocycles. The minimum absolute atomic E-state index is 0.128. The Bertz CT molecular complexity index is 695. The first-order valence-corrected chi connectivity index (χ1v) is 9.52. The molecule has 0 saturated carbocycles. The monoisotopic (exact) mass is 356 g/mol. The molecule has 1 amide bonds. The Morgan fingerprint density at radius 3 is 2.50 bits per heavy atom. The summed E-state index contributed by atoms with van der Waals surface area (Å²) in [5.41, 5.74) is 1.11. The van der Waals surface area contributed by atoms with Crippen LogP contribution in [0.5, 0.6) is 0 Å². The Kier molecular flexibility index (Phi) is 5.97. The SMILES string of the molecule is CNS(=O)(=O)c1cc(NC(=O)C[NH+]2C[C@@H](C)O[C@H](C)C2)ccc1C. The van der Waals surface area contributed by atoms with E-state index >= 15 is 0 Å². The van der Waals surface area contributed by atoms with Crippen molar-refractivity contribution in [2.24, 2.45) is 0 Å². The largest absolute Gasteiger partial charge is 0.364 e. The molecule has 0 spiro atoms. The molecule has 8 heteroatoms. The van der Waals surface area contributed by atoms with Gasteiger partial charge in [-0.1, -0.05) is 6.07 Å². The smallest absolute Gasteiger partial charge is 0.279 e. The number of rotatable bonds is 5. The molecule has 0 radical (unpaired) electrons. The average molecular weight is 356 g/mol. The summed E-state index contributed by atoms with van der Waals surface area (Å²) in [6.07, 6.45) is 0.256. The van der Waals surface area contributed by atoms with E-state index in [4.69, 9.17) is 4.74 Å². The summed E-state index contributed by atoms with van der Waals surface area (Å²) in [6.45, 7) is 7.62. The Morgan fingerprint density at radius 2 is 1.92 bits per heavy atom. The minimum atomic E-state index is -3.55. The van der Waals surface area contributed by atoms with Crippen molar-refractivity contribution in [2.75, 3.05) is 32.0 Å². The Labute approximate surface area is 143 Å². The zero-order valence-electron chi connectivity index (χ0n) is 14.5. The number of quaternary nitrogens is 1. The topological polar surface area (TPSA) is 88.9 Å². The Hall–Kier alpha value is -1.48. The summed E-state index contributed by atoms with van der Waals surface area (Å²) in [7, 11) is -2.19. The van der Waals surface area contributed by atoms with Gasteiger partial charge in [-0.2, -0.15) is 0 Å². The number of sulfonamides is 1. The van der Waals surface area contributed by atoms with E-state index in [9.17, 15) is 13.2 Å². The summed E-state index contributed by atoms with van der Waals surface area (Å²) < 4.78 is 32.0. The van der Waals surface area contributed by atoms with Crippen LogP contribution in [0.3, 0.4) is 0 Å². The third-order valence-corrected chi connectivity index (χ3v) is 5.61. The van der Waals surface area contributed by atoms with Crippen LogP contribution >= 0.6 is 0 Å². The third kappa shape index (κ3) is 4.76. The molecule has 1 saturated heterocycles. The first-order chi connectivity index (χ1) is 11.2. The van der Waals surface area contributed by atoms with Crippen molar-refractivity contribution >= 4 is 21.6 Å². The molecule has 24 heavy (non-hydrogen) atoms. The maximum atomic E-state index is 12.3. The van der Waals surface area contributed by atoms with Crippen molar-refractivity contribution in [2.45, 2.75) is 37.9 Å². The number of amides is 1. The van der Waals surface area contributed by atoms with Gasteiger partial charge in [0.2, 0.25) is 10.0 Å². The third-order valence-electron chi connectivity index (χ3n) is 4.06. The zero-order valence-corrected chi connectivity index (χ0v) is 15.4. The second kappa shape index (κ2) is 7.60. The molecule has 7 nitrogen and oxygen atoms in total. The number of benzene rings is 1. The molecule has 1 aliphatic rings. The van der Waals surface area contributed by atoms with E-state index < -0.39 is 10.0 Å². The van der Waals surface area contributed by atoms with E-state index in [0.717, 1.165) is 18.0 Å². The van der Waals surface area contributed by atoms with Gasteiger partial charge >= 0.3 is 0 Å². The first kappa shape index (κ1) is 18.9. The number of hydrogen-bond acceptors (Lipinski definition) is 4. The summed E-state index contributed by atoms with van der Waals surface area (Å²) in [5, 5.41) is 2.79. The molecular weight excluding hydrogens is 330 g/mol. The van der Waals surface area contributed by atoms with Gasteiger partial charge in [0.1, 0.15) is 25.3 Å². The van der Waals surface area contributed by atoms with E-state index in [-0.39, 0.29) is 23.0 Å². The van der Waals surface area contributed by atoms with Crippen LogP contribution in [0.4, 0.5) is 5.69 Å². The predicted octanol–water partition coefficient (Wildman–Crippen LogP) is -0.466. The van der Waals surface area contributed by atoms with Crippen LogP contribution in [0.1, 0.15) is 19.4 Å². The van der Waals surface area contributed by atoms with Crippen LogP contribution in [0.25, 0.3) is 0 Å². The van der Waals surface area contributed by atoms with Crippen LogP contribution in [0, 0.1) is 6.92 Å². The van der Waals surface area contributed by atoms with E-state index in [2.05, 4.69) is 10.0 Å². The van der Waals surface area contributed by atoms with Gasteiger partial charge in [-0.3, -0.25) is 4.79 Å². The summed E-state index contributed by atoms with van der Waals surface area (Å²) in [5.74, 6) is -0.136. The molecule has 3 N–H and O–H groups in total. The molecule has 1 aromatic rings.